The zero-order chi connectivity index (χ0) is 12.4. The van der Waals surface area contributed by atoms with Crippen LogP contribution in [-0.4, -0.2) is 17.7 Å². The quantitative estimate of drug-likeness (QED) is 0.805. The Bertz CT molecular complexity index is 528. The van der Waals surface area contributed by atoms with Crippen molar-refractivity contribution in [1.29, 1.82) is 0 Å². The third kappa shape index (κ3) is 2.20. The standard InChI is InChI=1S/C14H19FN2/c1-4-16-8-7-12-10(2)17(3)14-6-5-11(15)9-13(12)14/h5-6,9,16H,4,7-8H2,1-3H3. The zero-order valence-electron chi connectivity index (χ0n) is 10.7. The van der Waals surface area contributed by atoms with Crippen molar-refractivity contribution in [3.63, 3.8) is 0 Å². The van der Waals surface area contributed by atoms with E-state index < -0.39 is 0 Å². The van der Waals surface area contributed by atoms with E-state index in [4.69, 9.17) is 0 Å². The molecule has 0 radical (unpaired) electrons. The molecule has 17 heavy (non-hydrogen) atoms. The maximum Gasteiger partial charge on any atom is 0.123 e. The predicted molar refractivity (Wildman–Crippen MR) is 69.9 cm³/mol. The Kier molecular flexibility index (Phi) is 3.48. The van der Waals surface area contributed by atoms with E-state index in [0.717, 1.165) is 30.4 Å². The molecular weight excluding hydrogens is 215 g/mol. The molecule has 92 valence electrons. The molecule has 0 bridgehead atoms. The van der Waals surface area contributed by atoms with Crippen LogP contribution in [0.1, 0.15) is 18.2 Å². The molecule has 1 aromatic heterocycles. The van der Waals surface area contributed by atoms with Gasteiger partial charge < -0.3 is 9.88 Å². The molecule has 2 rings (SSSR count). The van der Waals surface area contributed by atoms with E-state index in [1.807, 2.05) is 13.1 Å². The second-order valence-corrected chi connectivity index (χ2v) is 4.39. The molecule has 0 atom stereocenters. The summed E-state index contributed by atoms with van der Waals surface area (Å²) in [5.41, 5.74) is 3.59. The van der Waals surface area contributed by atoms with Gasteiger partial charge in [-0.05, 0) is 50.2 Å². The Balaban J connectivity index is 2.45. The molecular formula is C14H19FN2. The van der Waals surface area contributed by atoms with E-state index in [-0.39, 0.29) is 5.82 Å². The van der Waals surface area contributed by atoms with E-state index in [1.54, 1.807) is 6.07 Å². The highest BCUT2D eigenvalue weighted by Gasteiger charge is 2.11. The number of fused-ring (bicyclic) bond motifs is 1. The average molecular weight is 234 g/mol. The van der Waals surface area contributed by atoms with Crippen LogP contribution < -0.4 is 5.32 Å². The van der Waals surface area contributed by atoms with E-state index in [2.05, 4.69) is 23.7 Å². The molecule has 0 aliphatic carbocycles. The summed E-state index contributed by atoms with van der Waals surface area (Å²) in [7, 11) is 2.03. The molecule has 2 nitrogen and oxygen atoms in total. The van der Waals surface area contributed by atoms with Crippen LogP contribution >= 0.6 is 0 Å². The number of nitrogens with zero attached hydrogens (tertiary/aromatic N) is 1. The first-order valence-corrected chi connectivity index (χ1v) is 6.09. The van der Waals surface area contributed by atoms with Crippen LogP contribution in [0.4, 0.5) is 4.39 Å². The van der Waals surface area contributed by atoms with Crippen molar-refractivity contribution in [3.05, 3.63) is 35.3 Å². The first-order valence-electron chi connectivity index (χ1n) is 6.09. The highest BCUT2D eigenvalue weighted by Crippen LogP contribution is 2.25. The fraction of sp³-hybridized carbons (Fsp3) is 0.429. The number of likely N-dealkylation sites (N-methyl/N-ethyl adjacent to an activating group) is 1. The van der Waals surface area contributed by atoms with Gasteiger partial charge in [0, 0.05) is 23.6 Å². The van der Waals surface area contributed by atoms with Crippen LogP contribution in [0, 0.1) is 12.7 Å². The van der Waals surface area contributed by atoms with Gasteiger partial charge in [0.05, 0.1) is 0 Å². The van der Waals surface area contributed by atoms with Crippen LogP contribution in [0.5, 0.6) is 0 Å². The van der Waals surface area contributed by atoms with Crippen LogP contribution in [0.3, 0.4) is 0 Å². The van der Waals surface area contributed by atoms with Gasteiger partial charge in [-0.25, -0.2) is 4.39 Å². The SMILES string of the molecule is CCNCCc1c(C)n(C)c2ccc(F)cc12. The molecule has 0 fully saturated rings. The van der Waals surface area contributed by atoms with Gasteiger partial charge in [0.15, 0.2) is 0 Å². The van der Waals surface area contributed by atoms with Crippen molar-refractivity contribution < 1.29 is 4.39 Å². The molecule has 1 aromatic carbocycles. The van der Waals surface area contributed by atoms with Crippen molar-refractivity contribution in [2.45, 2.75) is 20.3 Å². The topological polar surface area (TPSA) is 17.0 Å². The number of rotatable bonds is 4. The lowest BCUT2D eigenvalue weighted by molar-refractivity contribution is 0.629. The summed E-state index contributed by atoms with van der Waals surface area (Å²) < 4.78 is 15.5. The highest BCUT2D eigenvalue weighted by atomic mass is 19.1. The molecule has 0 saturated carbocycles. The molecule has 2 aromatic rings. The van der Waals surface area contributed by atoms with Crippen molar-refractivity contribution in [1.82, 2.24) is 9.88 Å². The fourth-order valence-electron chi connectivity index (χ4n) is 2.33. The molecule has 0 aliphatic rings. The third-order valence-corrected chi connectivity index (χ3v) is 3.39. The summed E-state index contributed by atoms with van der Waals surface area (Å²) in [6.45, 7) is 6.10. The number of benzene rings is 1. The lowest BCUT2D eigenvalue weighted by Gasteiger charge is -2.03. The van der Waals surface area contributed by atoms with Gasteiger partial charge in [-0.1, -0.05) is 6.92 Å². The van der Waals surface area contributed by atoms with E-state index in [0.29, 0.717) is 0 Å². The normalized spacial score (nSPS) is 11.3. The summed E-state index contributed by atoms with van der Waals surface area (Å²) in [5, 5.41) is 4.35. The molecule has 1 heterocycles. The van der Waals surface area contributed by atoms with Crippen LogP contribution in [-0.2, 0) is 13.5 Å². The molecule has 0 aliphatic heterocycles. The van der Waals surface area contributed by atoms with Gasteiger partial charge >= 0.3 is 0 Å². The van der Waals surface area contributed by atoms with Crippen LogP contribution in [0.15, 0.2) is 18.2 Å². The Morgan fingerprint density at radius 2 is 2.12 bits per heavy atom. The maximum absolute atomic E-state index is 13.3. The number of aryl methyl sites for hydroxylation is 1. The molecule has 0 saturated heterocycles. The zero-order valence-corrected chi connectivity index (χ0v) is 10.7. The lowest BCUT2D eigenvalue weighted by Crippen LogP contribution is -2.16. The second kappa shape index (κ2) is 4.88. The van der Waals surface area contributed by atoms with Crippen molar-refractivity contribution in [2.75, 3.05) is 13.1 Å². The van der Waals surface area contributed by atoms with Gasteiger partial charge in [0.2, 0.25) is 0 Å². The minimum Gasteiger partial charge on any atom is -0.348 e. The number of halogens is 1. The third-order valence-electron chi connectivity index (χ3n) is 3.39. The molecule has 0 unspecified atom stereocenters. The Labute approximate surface area is 101 Å². The first-order chi connectivity index (χ1) is 8.15. The first kappa shape index (κ1) is 12.1. The minimum atomic E-state index is -0.159. The monoisotopic (exact) mass is 234 g/mol. The van der Waals surface area contributed by atoms with Gasteiger partial charge in [-0.3, -0.25) is 0 Å². The van der Waals surface area contributed by atoms with Crippen molar-refractivity contribution >= 4 is 10.9 Å². The van der Waals surface area contributed by atoms with Crippen molar-refractivity contribution in [3.8, 4) is 0 Å². The summed E-state index contributed by atoms with van der Waals surface area (Å²) in [5.74, 6) is -0.159. The molecule has 0 amide bonds. The van der Waals surface area contributed by atoms with Gasteiger partial charge in [-0.2, -0.15) is 0 Å². The van der Waals surface area contributed by atoms with E-state index in [9.17, 15) is 4.39 Å². The lowest BCUT2D eigenvalue weighted by atomic mass is 10.1. The summed E-state index contributed by atoms with van der Waals surface area (Å²) in [6, 6.07) is 5.02. The molecule has 1 N–H and O–H groups in total. The molecule has 0 spiro atoms. The highest BCUT2D eigenvalue weighted by molar-refractivity contribution is 5.85. The van der Waals surface area contributed by atoms with Crippen LogP contribution in [0.25, 0.3) is 10.9 Å². The van der Waals surface area contributed by atoms with Gasteiger partial charge in [0.25, 0.3) is 0 Å². The Morgan fingerprint density at radius 3 is 2.82 bits per heavy atom. The number of aromatic nitrogens is 1. The second-order valence-electron chi connectivity index (χ2n) is 4.39. The van der Waals surface area contributed by atoms with E-state index >= 15 is 0 Å². The van der Waals surface area contributed by atoms with Gasteiger partial charge in [0.1, 0.15) is 5.82 Å². The van der Waals surface area contributed by atoms with E-state index in [1.165, 1.54) is 17.3 Å². The average Bonchev–Trinajstić information content (AvgIpc) is 2.54. The fourth-order valence-corrected chi connectivity index (χ4v) is 2.33. The van der Waals surface area contributed by atoms with Crippen LogP contribution in [0.2, 0.25) is 0 Å². The maximum atomic E-state index is 13.3. The van der Waals surface area contributed by atoms with Crippen molar-refractivity contribution in [2.24, 2.45) is 7.05 Å². The summed E-state index contributed by atoms with van der Waals surface area (Å²) in [6.07, 6.45) is 0.945. The molecule has 3 heteroatoms. The predicted octanol–water partition coefficient (Wildman–Crippen LogP) is 2.78. The largest absolute Gasteiger partial charge is 0.348 e. The number of hydrogen-bond acceptors (Lipinski definition) is 1. The van der Waals surface area contributed by atoms with Gasteiger partial charge in [-0.15, -0.1) is 0 Å². The summed E-state index contributed by atoms with van der Waals surface area (Å²) in [4.78, 5) is 0. The number of hydrogen-bond donors (Lipinski definition) is 1. The smallest absolute Gasteiger partial charge is 0.123 e. The minimum absolute atomic E-state index is 0.159. The number of nitrogens with one attached hydrogen (secondary N) is 1. The Hall–Kier alpha value is -1.35. The Morgan fingerprint density at radius 1 is 1.35 bits per heavy atom. The summed E-state index contributed by atoms with van der Waals surface area (Å²) >= 11 is 0.